The molecule has 2 N–H and O–H groups in total. The standard InChI is InChI=1S/C14H26N2O/c1-2-9-14(15)10-16(11-14)13(17)12-7-5-3-4-6-8-12/h12H,2-11,15H2,1H3. The van der Waals surface area contributed by atoms with Crippen LogP contribution < -0.4 is 5.73 Å². The fraction of sp³-hybridized carbons (Fsp3) is 0.929. The van der Waals surface area contributed by atoms with Crippen LogP contribution in [0.15, 0.2) is 0 Å². The smallest absolute Gasteiger partial charge is 0.225 e. The molecule has 0 atom stereocenters. The summed E-state index contributed by atoms with van der Waals surface area (Å²) in [6.45, 7) is 3.73. The van der Waals surface area contributed by atoms with Crippen molar-refractivity contribution in [3.63, 3.8) is 0 Å². The van der Waals surface area contributed by atoms with Crippen molar-refractivity contribution >= 4 is 5.91 Å². The summed E-state index contributed by atoms with van der Waals surface area (Å²) >= 11 is 0. The molecule has 1 heterocycles. The van der Waals surface area contributed by atoms with Gasteiger partial charge in [0.05, 0.1) is 5.54 Å². The van der Waals surface area contributed by atoms with Gasteiger partial charge in [-0.25, -0.2) is 0 Å². The lowest BCUT2D eigenvalue weighted by Gasteiger charge is -2.49. The highest BCUT2D eigenvalue weighted by molar-refractivity contribution is 5.80. The zero-order chi connectivity index (χ0) is 12.3. The second-order valence-corrected chi connectivity index (χ2v) is 6.00. The molecule has 0 aromatic carbocycles. The largest absolute Gasteiger partial charge is 0.339 e. The molecular formula is C14H26N2O. The first kappa shape index (κ1) is 12.9. The first-order chi connectivity index (χ1) is 8.14. The van der Waals surface area contributed by atoms with Crippen LogP contribution >= 0.6 is 0 Å². The number of nitrogens with zero attached hydrogens (tertiary/aromatic N) is 1. The molecule has 2 fully saturated rings. The van der Waals surface area contributed by atoms with E-state index in [9.17, 15) is 4.79 Å². The van der Waals surface area contributed by atoms with E-state index in [-0.39, 0.29) is 5.54 Å². The fourth-order valence-corrected chi connectivity index (χ4v) is 3.31. The minimum Gasteiger partial charge on any atom is -0.339 e. The van der Waals surface area contributed by atoms with Gasteiger partial charge in [-0.05, 0) is 19.3 Å². The molecule has 98 valence electrons. The number of hydrogen-bond donors (Lipinski definition) is 1. The predicted octanol–water partition coefficient (Wildman–Crippen LogP) is 2.30. The van der Waals surface area contributed by atoms with E-state index in [1.54, 1.807) is 0 Å². The minimum absolute atomic E-state index is 0.0743. The van der Waals surface area contributed by atoms with Crippen molar-refractivity contribution < 1.29 is 4.79 Å². The Morgan fingerprint density at radius 1 is 1.24 bits per heavy atom. The van der Waals surface area contributed by atoms with Crippen LogP contribution in [-0.4, -0.2) is 29.4 Å². The molecule has 1 amide bonds. The summed E-state index contributed by atoms with van der Waals surface area (Å²) in [7, 11) is 0. The molecule has 0 unspecified atom stereocenters. The van der Waals surface area contributed by atoms with Crippen molar-refractivity contribution in [3.8, 4) is 0 Å². The first-order valence-corrected chi connectivity index (χ1v) is 7.22. The van der Waals surface area contributed by atoms with Gasteiger partial charge >= 0.3 is 0 Å². The molecule has 1 saturated heterocycles. The summed E-state index contributed by atoms with van der Waals surface area (Å²) in [5.74, 6) is 0.674. The van der Waals surface area contributed by atoms with Crippen LogP contribution in [0.3, 0.4) is 0 Å². The van der Waals surface area contributed by atoms with Crippen LogP contribution in [0, 0.1) is 5.92 Å². The summed E-state index contributed by atoms with van der Waals surface area (Å²) in [6, 6.07) is 0. The third-order valence-corrected chi connectivity index (χ3v) is 4.28. The van der Waals surface area contributed by atoms with Gasteiger partial charge in [-0.1, -0.05) is 39.0 Å². The molecule has 1 aliphatic carbocycles. The monoisotopic (exact) mass is 238 g/mol. The molecule has 3 nitrogen and oxygen atoms in total. The van der Waals surface area contributed by atoms with E-state index >= 15 is 0 Å². The molecule has 0 spiro atoms. The molecule has 1 aliphatic heterocycles. The normalized spacial score (nSPS) is 25.2. The Labute approximate surface area is 105 Å². The van der Waals surface area contributed by atoms with Crippen molar-refractivity contribution in [3.05, 3.63) is 0 Å². The van der Waals surface area contributed by atoms with Gasteiger partial charge in [-0.3, -0.25) is 4.79 Å². The van der Waals surface area contributed by atoms with Crippen LogP contribution in [0.4, 0.5) is 0 Å². The molecule has 0 radical (unpaired) electrons. The summed E-state index contributed by atoms with van der Waals surface area (Å²) < 4.78 is 0. The van der Waals surface area contributed by atoms with E-state index in [0.29, 0.717) is 11.8 Å². The lowest BCUT2D eigenvalue weighted by Crippen LogP contribution is -2.69. The summed E-state index contributed by atoms with van der Waals surface area (Å²) in [6.07, 6.45) is 9.42. The minimum atomic E-state index is -0.0743. The van der Waals surface area contributed by atoms with E-state index < -0.39 is 0 Å². The van der Waals surface area contributed by atoms with E-state index in [1.807, 2.05) is 4.90 Å². The van der Waals surface area contributed by atoms with Crippen LogP contribution in [-0.2, 0) is 4.79 Å². The molecule has 0 aromatic rings. The number of rotatable bonds is 3. The molecular weight excluding hydrogens is 212 g/mol. The molecule has 2 rings (SSSR count). The third kappa shape index (κ3) is 3.01. The highest BCUT2D eigenvalue weighted by Crippen LogP contribution is 2.29. The molecule has 0 bridgehead atoms. The highest BCUT2D eigenvalue weighted by Gasteiger charge is 2.42. The van der Waals surface area contributed by atoms with E-state index in [4.69, 9.17) is 5.73 Å². The van der Waals surface area contributed by atoms with E-state index in [1.165, 1.54) is 25.7 Å². The average Bonchev–Trinajstić information content (AvgIpc) is 2.53. The van der Waals surface area contributed by atoms with Gasteiger partial charge < -0.3 is 10.6 Å². The Hall–Kier alpha value is -0.570. The topological polar surface area (TPSA) is 46.3 Å². The Bertz CT molecular complexity index is 263. The van der Waals surface area contributed by atoms with Gasteiger partial charge in [0.1, 0.15) is 0 Å². The van der Waals surface area contributed by atoms with Crippen LogP contribution in [0.5, 0.6) is 0 Å². The molecule has 3 heteroatoms. The number of nitrogens with two attached hydrogens (primary N) is 1. The van der Waals surface area contributed by atoms with Crippen LogP contribution in [0.25, 0.3) is 0 Å². The van der Waals surface area contributed by atoms with Crippen LogP contribution in [0.1, 0.15) is 58.3 Å². The number of carbonyl (C=O) groups excluding carboxylic acids is 1. The number of hydrogen-bond acceptors (Lipinski definition) is 2. The Morgan fingerprint density at radius 2 is 1.82 bits per heavy atom. The number of amides is 1. The lowest BCUT2D eigenvalue weighted by molar-refractivity contribution is -0.143. The maximum absolute atomic E-state index is 12.3. The zero-order valence-corrected chi connectivity index (χ0v) is 11.1. The summed E-state index contributed by atoms with van der Waals surface area (Å²) in [5, 5.41) is 0. The highest BCUT2D eigenvalue weighted by atomic mass is 16.2. The maximum Gasteiger partial charge on any atom is 0.225 e. The molecule has 0 aromatic heterocycles. The summed E-state index contributed by atoms with van der Waals surface area (Å²) in [5.41, 5.74) is 6.13. The second kappa shape index (κ2) is 5.38. The first-order valence-electron chi connectivity index (χ1n) is 7.22. The van der Waals surface area contributed by atoms with Gasteiger partial charge in [0.25, 0.3) is 0 Å². The van der Waals surface area contributed by atoms with Gasteiger partial charge in [-0.2, -0.15) is 0 Å². The van der Waals surface area contributed by atoms with Crippen molar-refractivity contribution in [2.45, 2.75) is 63.8 Å². The van der Waals surface area contributed by atoms with Crippen molar-refractivity contribution in [1.82, 2.24) is 4.90 Å². The molecule has 1 saturated carbocycles. The van der Waals surface area contributed by atoms with E-state index in [0.717, 1.165) is 38.8 Å². The third-order valence-electron chi connectivity index (χ3n) is 4.28. The average molecular weight is 238 g/mol. The van der Waals surface area contributed by atoms with E-state index in [2.05, 4.69) is 6.92 Å². The second-order valence-electron chi connectivity index (χ2n) is 6.00. The Kier molecular flexibility index (Phi) is 4.08. The SMILES string of the molecule is CCCC1(N)CN(C(=O)C2CCCCCC2)C1. The number of carbonyl (C=O) groups is 1. The lowest BCUT2D eigenvalue weighted by atomic mass is 9.84. The number of likely N-dealkylation sites (tertiary alicyclic amines) is 1. The quantitative estimate of drug-likeness (QED) is 0.767. The molecule has 17 heavy (non-hydrogen) atoms. The fourth-order valence-electron chi connectivity index (χ4n) is 3.31. The zero-order valence-electron chi connectivity index (χ0n) is 11.1. The Balaban J connectivity index is 1.81. The van der Waals surface area contributed by atoms with Gasteiger partial charge in [-0.15, -0.1) is 0 Å². The summed E-state index contributed by atoms with van der Waals surface area (Å²) in [4.78, 5) is 14.3. The van der Waals surface area contributed by atoms with Crippen molar-refractivity contribution in [2.75, 3.05) is 13.1 Å². The maximum atomic E-state index is 12.3. The van der Waals surface area contributed by atoms with Gasteiger partial charge in [0.15, 0.2) is 0 Å². The van der Waals surface area contributed by atoms with Gasteiger partial charge in [0.2, 0.25) is 5.91 Å². The van der Waals surface area contributed by atoms with Gasteiger partial charge in [0, 0.05) is 19.0 Å². The Morgan fingerprint density at radius 3 is 2.35 bits per heavy atom. The van der Waals surface area contributed by atoms with Crippen LogP contribution in [0.2, 0.25) is 0 Å². The van der Waals surface area contributed by atoms with Crippen molar-refractivity contribution in [2.24, 2.45) is 11.7 Å². The predicted molar refractivity (Wildman–Crippen MR) is 69.6 cm³/mol. The van der Waals surface area contributed by atoms with Crippen molar-refractivity contribution in [1.29, 1.82) is 0 Å². The molecule has 2 aliphatic rings.